The lowest BCUT2D eigenvalue weighted by molar-refractivity contribution is 0.0744. The summed E-state index contributed by atoms with van der Waals surface area (Å²) in [5, 5.41) is 0. The van der Waals surface area contributed by atoms with Gasteiger partial charge in [0.2, 0.25) is 0 Å². The van der Waals surface area contributed by atoms with Crippen LogP contribution in [0.1, 0.15) is 35.9 Å². The van der Waals surface area contributed by atoms with Crippen molar-refractivity contribution in [3.63, 3.8) is 0 Å². The molecule has 1 aromatic heterocycles. The van der Waals surface area contributed by atoms with E-state index in [4.69, 9.17) is 0 Å². The van der Waals surface area contributed by atoms with Crippen LogP contribution in [0, 0.1) is 6.92 Å². The van der Waals surface area contributed by atoms with Gasteiger partial charge in [-0.25, -0.2) is 9.97 Å². The molecule has 4 nitrogen and oxygen atoms in total. The first kappa shape index (κ1) is 15.4. The highest BCUT2D eigenvalue weighted by Crippen LogP contribution is 2.25. The van der Waals surface area contributed by atoms with E-state index in [-0.39, 0.29) is 11.9 Å². The van der Waals surface area contributed by atoms with Crippen molar-refractivity contribution in [2.24, 2.45) is 0 Å². The molecule has 0 aliphatic carbocycles. The number of aromatic nitrogens is 2. The van der Waals surface area contributed by atoms with Crippen LogP contribution in [0.4, 0.5) is 0 Å². The molecular weight excluding hydrogens is 286 g/mol. The molecule has 0 bridgehead atoms. The van der Waals surface area contributed by atoms with Crippen LogP contribution in [0.3, 0.4) is 0 Å². The Balaban J connectivity index is 1.98. The molecule has 1 aromatic carbocycles. The number of carbonyl (C=O) groups is 1. The second-order valence-electron chi connectivity index (χ2n) is 5.79. The highest BCUT2D eigenvalue weighted by atomic mass is 16.2. The predicted molar refractivity (Wildman–Crippen MR) is 91.1 cm³/mol. The van der Waals surface area contributed by atoms with Crippen LogP contribution in [0.5, 0.6) is 0 Å². The van der Waals surface area contributed by atoms with Crippen LogP contribution in [0.2, 0.25) is 0 Å². The van der Waals surface area contributed by atoms with Crippen LogP contribution in [-0.4, -0.2) is 33.4 Å². The molecule has 23 heavy (non-hydrogen) atoms. The number of hydrogen-bond acceptors (Lipinski definition) is 3. The van der Waals surface area contributed by atoms with E-state index in [0.717, 1.165) is 18.4 Å². The quantitative estimate of drug-likeness (QED) is 0.810. The summed E-state index contributed by atoms with van der Waals surface area (Å²) in [5.41, 5.74) is 2.23. The maximum Gasteiger partial charge on any atom is 0.258 e. The molecule has 1 atom stereocenters. The van der Waals surface area contributed by atoms with Gasteiger partial charge in [0.05, 0.1) is 17.3 Å². The third kappa shape index (κ3) is 3.16. The predicted octanol–water partition coefficient (Wildman–Crippen LogP) is 3.63. The van der Waals surface area contributed by atoms with E-state index in [2.05, 4.69) is 29.0 Å². The number of benzene rings is 1. The molecule has 0 fully saturated rings. The Hall–Kier alpha value is -2.49. The molecule has 0 saturated carbocycles. The highest BCUT2D eigenvalue weighted by molar-refractivity contribution is 6.00. The molecule has 0 spiro atoms. The largest absolute Gasteiger partial charge is 0.328 e. The van der Waals surface area contributed by atoms with Crippen LogP contribution < -0.4 is 0 Å². The summed E-state index contributed by atoms with van der Waals surface area (Å²) in [4.78, 5) is 23.7. The average molecular weight is 307 g/mol. The zero-order valence-electron chi connectivity index (χ0n) is 13.6. The molecule has 1 aliphatic heterocycles. The second-order valence-corrected chi connectivity index (χ2v) is 5.79. The molecule has 4 heteroatoms. The number of amides is 1. The first-order valence-corrected chi connectivity index (χ1v) is 8.07. The summed E-state index contributed by atoms with van der Waals surface area (Å²) < 4.78 is 0. The minimum absolute atomic E-state index is 0.00676. The van der Waals surface area contributed by atoms with Crippen molar-refractivity contribution in [1.82, 2.24) is 14.9 Å². The van der Waals surface area contributed by atoms with E-state index in [9.17, 15) is 4.79 Å². The molecule has 0 unspecified atom stereocenters. The van der Waals surface area contributed by atoms with E-state index >= 15 is 0 Å². The van der Waals surface area contributed by atoms with Crippen molar-refractivity contribution < 1.29 is 4.79 Å². The fourth-order valence-electron chi connectivity index (χ4n) is 2.95. The molecule has 3 rings (SSSR count). The number of rotatable bonds is 4. The Morgan fingerprint density at radius 2 is 2.09 bits per heavy atom. The average Bonchev–Trinajstić information content (AvgIpc) is 3.04. The summed E-state index contributed by atoms with van der Waals surface area (Å²) in [6.07, 6.45) is 7.88. The molecular formula is C19H21N3O. The standard InChI is InChI=1S/C19H21N3O/c1-3-8-16-11-7-12-22(16)19(23)17-13-20-14(2)21-18(17)15-9-5-4-6-10-15/h4-7,9-11,13,16H,3,8,12H2,1-2H3/t16-/m1/s1. The first-order valence-electron chi connectivity index (χ1n) is 8.07. The van der Waals surface area contributed by atoms with Crippen molar-refractivity contribution in [2.45, 2.75) is 32.7 Å². The van der Waals surface area contributed by atoms with E-state index in [1.165, 1.54) is 0 Å². The van der Waals surface area contributed by atoms with Gasteiger partial charge in [-0.1, -0.05) is 55.8 Å². The maximum atomic E-state index is 13.0. The Morgan fingerprint density at radius 3 is 2.83 bits per heavy atom. The molecule has 2 heterocycles. The molecule has 0 N–H and O–H groups in total. The number of hydrogen-bond donors (Lipinski definition) is 0. The van der Waals surface area contributed by atoms with Gasteiger partial charge in [-0.2, -0.15) is 0 Å². The zero-order valence-corrected chi connectivity index (χ0v) is 13.6. The lowest BCUT2D eigenvalue weighted by Gasteiger charge is -2.25. The monoisotopic (exact) mass is 307 g/mol. The summed E-state index contributed by atoms with van der Waals surface area (Å²) in [7, 11) is 0. The molecule has 1 aliphatic rings. The van der Waals surface area contributed by atoms with E-state index in [1.54, 1.807) is 6.20 Å². The van der Waals surface area contributed by atoms with Gasteiger partial charge in [-0.05, 0) is 13.3 Å². The number of carbonyl (C=O) groups excluding carboxylic acids is 1. The van der Waals surface area contributed by atoms with Gasteiger partial charge in [-0.3, -0.25) is 4.79 Å². The summed E-state index contributed by atoms with van der Waals surface area (Å²) in [6, 6.07) is 10.0. The topological polar surface area (TPSA) is 46.1 Å². The number of aryl methyl sites for hydroxylation is 1. The van der Waals surface area contributed by atoms with Crippen molar-refractivity contribution in [1.29, 1.82) is 0 Å². The second kappa shape index (κ2) is 6.73. The lowest BCUT2D eigenvalue weighted by Crippen LogP contribution is -2.36. The Kier molecular flexibility index (Phi) is 4.51. The summed E-state index contributed by atoms with van der Waals surface area (Å²) in [6.45, 7) is 4.64. The third-order valence-electron chi connectivity index (χ3n) is 4.09. The zero-order chi connectivity index (χ0) is 16.2. The molecule has 0 radical (unpaired) electrons. The third-order valence-corrected chi connectivity index (χ3v) is 4.09. The van der Waals surface area contributed by atoms with Crippen LogP contribution in [0.25, 0.3) is 11.3 Å². The molecule has 1 amide bonds. The highest BCUT2D eigenvalue weighted by Gasteiger charge is 2.27. The SMILES string of the molecule is CCC[C@@H]1C=CCN1C(=O)c1cnc(C)nc1-c1ccccc1. The van der Waals surface area contributed by atoms with E-state index in [0.29, 0.717) is 23.6 Å². The van der Waals surface area contributed by atoms with E-state index in [1.807, 2.05) is 42.2 Å². The minimum atomic E-state index is 0.00676. The van der Waals surface area contributed by atoms with Crippen molar-refractivity contribution >= 4 is 5.91 Å². The van der Waals surface area contributed by atoms with Gasteiger partial charge >= 0.3 is 0 Å². The summed E-state index contributed by atoms with van der Waals surface area (Å²) >= 11 is 0. The van der Waals surface area contributed by atoms with Crippen molar-refractivity contribution in [3.8, 4) is 11.3 Å². The van der Waals surface area contributed by atoms with Gasteiger partial charge in [0.1, 0.15) is 5.82 Å². The lowest BCUT2D eigenvalue weighted by atomic mass is 10.1. The maximum absolute atomic E-state index is 13.0. The Labute approximate surface area is 136 Å². The van der Waals surface area contributed by atoms with E-state index < -0.39 is 0 Å². The first-order chi connectivity index (χ1) is 11.2. The van der Waals surface area contributed by atoms with Crippen LogP contribution >= 0.6 is 0 Å². The van der Waals surface area contributed by atoms with Gasteiger partial charge in [0.25, 0.3) is 5.91 Å². The fraction of sp³-hybridized carbons (Fsp3) is 0.316. The van der Waals surface area contributed by atoms with Gasteiger partial charge in [0.15, 0.2) is 0 Å². The summed E-state index contributed by atoms with van der Waals surface area (Å²) in [5.74, 6) is 0.678. The van der Waals surface area contributed by atoms with Crippen LogP contribution in [-0.2, 0) is 0 Å². The van der Waals surface area contributed by atoms with Gasteiger partial charge < -0.3 is 4.90 Å². The minimum Gasteiger partial charge on any atom is -0.328 e. The molecule has 2 aromatic rings. The Bertz CT molecular complexity index is 725. The number of nitrogens with zero attached hydrogens (tertiary/aromatic N) is 3. The van der Waals surface area contributed by atoms with Gasteiger partial charge in [0, 0.05) is 18.3 Å². The van der Waals surface area contributed by atoms with Crippen molar-refractivity contribution in [2.75, 3.05) is 6.54 Å². The molecule has 118 valence electrons. The van der Waals surface area contributed by atoms with Crippen molar-refractivity contribution in [3.05, 3.63) is 60.1 Å². The fourth-order valence-corrected chi connectivity index (χ4v) is 2.95. The smallest absolute Gasteiger partial charge is 0.258 e. The van der Waals surface area contributed by atoms with Gasteiger partial charge in [-0.15, -0.1) is 0 Å². The Morgan fingerprint density at radius 1 is 1.30 bits per heavy atom. The van der Waals surface area contributed by atoms with Crippen LogP contribution in [0.15, 0.2) is 48.7 Å². The molecule has 0 saturated heterocycles. The normalized spacial score (nSPS) is 16.8.